The number of benzene rings is 2. The largest absolute Gasteiger partial charge is 0.243 e. The average Bonchev–Trinajstić information content (AvgIpc) is 2.37. The summed E-state index contributed by atoms with van der Waals surface area (Å²) < 4.78 is 64.7. The topological polar surface area (TPSA) is 37.4 Å². The second-order valence-corrected chi connectivity index (χ2v) is 6.54. The summed E-state index contributed by atoms with van der Waals surface area (Å²) in [6, 6.07) is 7.50. The molecule has 0 saturated carbocycles. The highest BCUT2D eigenvalue weighted by Gasteiger charge is 2.22. The van der Waals surface area contributed by atoms with E-state index in [0.717, 1.165) is 16.4 Å². The zero-order valence-corrected chi connectivity index (χ0v) is 11.9. The number of hydrogen-bond donors (Lipinski definition) is 0. The summed E-state index contributed by atoms with van der Waals surface area (Å²) in [5.41, 5.74) is 0.429. The van der Waals surface area contributed by atoms with Crippen LogP contribution in [0.4, 0.5) is 13.2 Å². The van der Waals surface area contributed by atoms with Gasteiger partial charge in [0, 0.05) is 19.7 Å². The molecule has 2 aromatic carbocycles. The lowest BCUT2D eigenvalue weighted by Gasteiger charge is -2.17. The van der Waals surface area contributed by atoms with Gasteiger partial charge in [0.15, 0.2) is 0 Å². The van der Waals surface area contributed by atoms with Crippen LogP contribution >= 0.6 is 0 Å². The quantitative estimate of drug-likeness (QED) is 0.870. The zero-order chi connectivity index (χ0) is 15.6. The van der Waals surface area contributed by atoms with E-state index in [1.54, 1.807) is 6.07 Å². The molecule has 0 N–H and O–H groups in total. The molecule has 0 heterocycles. The van der Waals surface area contributed by atoms with Crippen LogP contribution in [0.2, 0.25) is 0 Å². The van der Waals surface area contributed by atoms with E-state index in [9.17, 15) is 21.6 Å². The highest BCUT2D eigenvalue weighted by Crippen LogP contribution is 2.19. The number of hydrogen-bond acceptors (Lipinski definition) is 2. The van der Waals surface area contributed by atoms with E-state index in [-0.39, 0.29) is 6.54 Å². The van der Waals surface area contributed by atoms with Crippen molar-refractivity contribution in [1.29, 1.82) is 0 Å². The van der Waals surface area contributed by atoms with Crippen molar-refractivity contribution in [1.82, 2.24) is 4.31 Å². The first-order valence-electron chi connectivity index (χ1n) is 5.96. The number of nitrogens with zero attached hydrogens (tertiary/aromatic N) is 1. The van der Waals surface area contributed by atoms with E-state index >= 15 is 0 Å². The summed E-state index contributed by atoms with van der Waals surface area (Å²) in [4.78, 5) is -0.487. The molecular formula is C14H12F3NO2S. The van der Waals surface area contributed by atoms with E-state index in [2.05, 4.69) is 0 Å². The molecule has 0 aromatic heterocycles. The van der Waals surface area contributed by atoms with Gasteiger partial charge < -0.3 is 0 Å². The molecular weight excluding hydrogens is 303 g/mol. The first-order valence-corrected chi connectivity index (χ1v) is 7.40. The van der Waals surface area contributed by atoms with Gasteiger partial charge in [-0.25, -0.2) is 21.6 Å². The minimum atomic E-state index is -4.06. The molecule has 0 bridgehead atoms. The molecule has 0 atom stereocenters. The Labute approximate surface area is 120 Å². The number of halogens is 3. The molecule has 3 nitrogen and oxygen atoms in total. The van der Waals surface area contributed by atoms with Crippen molar-refractivity contribution in [2.24, 2.45) is 0 Å². The van der Waals surface area contributed by atoms with Gasteiger partial charge >= 0.3 is 0 Å². The molecule has 112 valence electrons. The van der Waals surface area contributed by atoms with Crippen LogP contribution in [0, 0.1) is 17.5 Å². The molecule has 0 unspecified atom stereocenters. The second-order valence-electron chi connectivity index (χ2n) is 4.50. The van der Waals surface area contributed by atoms with Crippen molar-refractivity contribution >= 4 is 10.0 Å². The van der Waals surface area contributed by atoms with Gasteiger partial charge in [-0.1, -0.05) is 12.1 Å². The summed E-state index contributed by atoms with van der Waals surface area (Å²) >= 11 is 0. The second kappa shape index (κ2) is 5.87. The predicted octanol–water partition coefficient (Wildman–Crippen LogP) is 2.92. The molecule has 21 heavy (non-hydrogen) atoms. The van der Waals surface area contributed by atoms with Gasteiger partial charge in [0.2, 0.25) is 10.0 Å². The fourth-order valence-corrected chi connectivity index (χ4v) is 3.04. The maximum absolute atomic E-state index is 13.1. The third kappa shape index (κ3) is 3.62. The lowest BCUT2D eigenvalue weighted by atomic mass is 10.2. The monoisotopic (exact) mass is 315 g/mol. The molecule has 0 saturated heterocycles. The summed E-state index contributed by atoms with van der Waals surface area (Å²) in [6.45, 7) is -0.113. The molecule has 0 amide bonds. The van der Waals surface area contributed by atoms with Gasteiger partial charge in [0.1, 0.15) is 17.5 Å². The Hall–Kier alpha value is -1.86. The van der Waals surface area contributed by atoms with E-state index in [1.165, 1.54) is 25.2 Å². The molecule has 0 aliphatic heterocycles. The van der Waals surface area contributed by atoms with Crippen LogP contribution in [0.25, 0.3) is 0 Å². The summed E-state index contributed by atoms with van der Waals surface area (Å²) in [7, 11) is -2.81. The van der Waals surface area contributed by atoms with Crippen LogP contribution in [0.5, 0.6) is 0 Å². The van der Waals surface area contributed by atoms with Gasteiger partial charge in [0.25, 0.3) is 0 Å². The molecule has 2 rings (SSSR count). The molecule has 0 radical (unpaired) electrons. The van der Waals surface area contributed by atoms with Crippen molar-refractivity contribution in [3.63, 3.8) is 0 Å². The third-order valence-electron chi connectivity index (χ3n) is 2.84. The van der Waals surface area contributed by atoms with Gasteiger partial charge in [-0.2, -0.15) is 4.31 Å². The van der Waals surface area contributed by atoms with Crippen LogP contribution in [-0.4, -0.2) is 19.8 Å². The SMILES string of the molecule is CN(Cc1cccc(F)c1)S(=O)(=O)c1cc(F)cc(F)c1. The highest BCUT2D eigenvalue weighted by atomic mass is 32.2. The Balaban J connectivity index is 2.30. The molecule has 2 aromatic rings. The minimum absolute atomic E-state index is 0.113. The molecule has 7 heteroatoms. The predicted molar refractivity (Wildman–Crippen MR) is 71.4 cm³/mol. The first kappa shape index (κ1) is 15.5. The number of sulfonamides is 1. The van der Waals surface area contributed by atoms with Crippen LogP contribution in [0.15, 0.2) is 47.4 Å². The van der Waals surface area contributed by atoms with Gasteiger partial charge in [-0.05, 0) is 29.8 Å². The third-order valence-corrected chi connectivity index (χ3v) is 4.62. The van der Waals surface area contributed by atoms with Crippen molar-refractivity contribution in [2.75, 3.05) is 7.05 Å². The molecule has 0 aliphatic carbocycles. The summed E-state index contributed by atoms with van der Waals surface area (Å²) in [5.74, 6) is -2.45. The first-order chi connectivity index (χ1) is 9.79. The Morgan fingerprint density at radius 3 is 2.14 bits per heavy atom. The lowest BCUT2D eigenvalue weighted by molar-refractivity contribution is 0.463. The zero-order valence-electron chi connectivity index (χ0n) is 11.1. The van der Waals surface area contributed by atoms with Crippen LogP contribution in [0.3, 0.4) is 0 Å². The maximum Gasteiger partial charge on any atom is 0.243 e. The summed E-state index contributed by atoms with van der Waals surface area (Å²) in [5, 5.41) is 0. The van der Waals surface area contributed by atoms with Crippen LogP contribution in [0.1, 0.15) is 5.56 Å². The molecule has 0 aliphatic rings. The minimum Gasteiger partial charge on any atom is -0.207 e. The van der Waals surface area contributed by atoms with Crippen molar-refractivity contribution in [3.8, 4) is 0 Å². The van der Waals surface area contributed by atoms with Crippen molar-refractivity contribution in [3.05, 3.63) is 65.5 Å². The van der Waals surface area contributed by atoms with Gasteiger partial charge in [-0.15, -0.1) is 0 Å². The van der Waals surface area contributed by atoms with Gasteiger partial charge in [0.05, 0.1) is 4.90 Å². The Kier molecular flexibility index (Phi) is 4.34. The molecule has 0 fully saturated rings. The Bertz CT molecular complexity index is 742. The standard InChI is InChI=1S/C14H12F3NO2S/c1-18(9-10-3-2-4-11(15)5-10)21(19,20)14-7-12(16)6-13(17)8-14/h2-8H,9H2,1H3. The van der Waals surface area contributed by atoms with Crippen molar-refractivity contribution in [2.45, 2.75) is 11.4 Å². The molecule has 0 spiro atoms. The van der Waals surface area contributed by atoms with E-state index < -0.39 is 32.4 Å². The number of rotatable bonds is 4. The van der Waals surface area contributed by atoms with E-state index in [0.29, 0.717) is 11.6 Å². The van der Waals surface area contributed by atoms with Crippen LogP contribution < -0.4 is 0 Å². The fourth-order valence-electron chi connectivity index (χ4n) is 1.83. The van der Waals surface area contributed by atoms with Gasteiger partial charge in [-0.3, -0.25) is 0 Å². The Morgan fingerprint density at radius 2 is 1.57 bits per heavy atom. The fraction of sp³-hybridized carbons (Fsp3) is 0.143. The normalized spacial score (nSPS) is 11.9. The van der Waals surface area contributed by atoms with E-state index in [1.807, 2.05) is 0 Å². The smallest absolute Gasteiger partial charge is 0.207 e. The average molecular weight is 315 g/mol. The van der Waals surface area contributed by atoms with Crippen LogP contribution in [-0.2, 0) is 16.6 Å². The summed E-state index contributed by atoms with van der Waals surface area (Å²) in [6.07, 6.45) is 0. The Morgan fingerprint density at radius 1 is 0.952 bits per heavy atom. The maximum atomic E-state index is 13.1. The van der Waals surface area contributed by atoms with Crippen molar-refractivity contribution < 1.29 is 21.6 Å². The lowest BCUT2D eigenvalue weighted by Crippen LogP contribution is -2.26. The van der Waals surface area contributed by atoms with E-state index in [4.69, 9.17) is 0 Å². The highest BCUT2D eigenvalue weighted by molar-refractivity contribution is 7.89.